The van der Waals surface area contributed by atoms with Gasteiger partial charge in [-0.3, -0.25) is 0 Å². The molecule has 186 valence electrons. The van der Waals surface area contributed by atoms with E-state index >= 15 is 0 Å². The Kier molecular flexibility index (Phi) is 6.06. The second kappa shape index (κ2) is 9.38. The van der Waals surface area contributed by atoms with Crippen LogP contribution in [0.1, 0.15) is 60.3 Å². The molecule has 3 aromatic rings. The van der Waals surface area contributed by atoms with Crippen molar-refractivity contribution in [2.75, 3.05) is 13.7 Å². The van der Waals surface area contributed by atoms with Crippen molar-refractivity contribution in [2.45, 2.75) is 62.3 Å². The van der Waals surface area contributed by atoms with Gasteiger partial charge in [-0.25, -0.2) is 4.79 Å². The van der Waals surface area contributed by atoms with Crippen LogP contribution in [0, 0.1) is 0 Å². The standard InChI is InChI=1S/C31H33NO4/c1-35-19-21-13-15-22(16-14-21)31(34)17-23-7-6-8-24(18-31)32(23)30(33)36-20-29-27-11-4-2-9-25(27)26-10-3-5-12-28(26)29/h2-5,9-16,23-24,29,34H,6-8,17-20H2,1H3. The molecule has 0 saturated carbocycles. The summed E-state index contributed by atoms with van der Waals surface area (Å²) in [5.41, 5.74) is 5.97. The first-order valence-electron chi connectivity index (χ1n) is 13.0. The Bertz CT molecular complexity index is 1190. The van der Waals surface area contributed by atoms with Gasteiger partial charge in [0, 0.05) is 38.0 Å². The monoisotopic (exact) mass is 483 g/mol. The molecule has 36 heavy (non-hydrogen) atoms. The first-order valence-corrected chi connectivity index (χ1v) is 13.0. The van der Waals surface area contributed by atoms with E-state index in [1.54, 1.807) is 7.11 Å². The van der Waals surface area contributed by atoms with Crippen molar-refractivity contribution in [2.24, 2.45) is 0 Å². The van der Waals surface area contributed by atoms with Gasteiger partial charge in [-0.15, -0.1) is 0 Å². The first-order chi connectivity index (χ1) is 17.6. The first kappa shape index (κ1) is 23.3. The number of aliphatic hydroxyl groups is 1. The summed E-state index contributed by atoms with van der Waals surface area (Å²) >= 11 is 0. The van der Waals surface area contributed by atoms with Crippen molar-refractivity contribution in [1.82, 2.24) is 4.90 Å². The fourth-order valence-electron chi connectivity index (χ4n) is 6.71. The van der Waals surface area contributed by atoms with Crippen LogP contribution in [-0.4, -0.2) is 41.9 Å². The number of methoxy groups -OCH3 is 1. The van der Waals surface area contributed by atoms with Crippen molar-refractivity contribution in [3.8, 4) is 11.1 Å². The molecule has 1 N–H and O–H groups in total. The number of piperidine rings is 2. The van der Waals surface area contributed by atoms with E-state index < -0.39 is 5.60 Å². The minimum Gasteiger partial charge on any atom is -0.448 e. The van der Waals surface area contributed by atoms with E-state index in [4.69, 9.17) is 9.47 Å². The van der Waals surface area contributed by atoms with E-state index in [9.17, 15) is 9.90 Å². The van der Waals surface area contributed by atoms with Crippen molar-refractivity contribution < 1.29 is 19.4 Å². The molecule has 0 radical (unpaired) electrons. The predicted octanol–water partition coefficient (Wildman–Crippen LogP) is 5.99. The van der Waals surface area contributed by atoms with Crippen LogP contribution >= 0.6 is 0 Å². The zero-order valence-corrected chi connectivity index (χ0v) is 20.7. The molecule has 2 heterocycles. The summed E-state index contributed by atoms with van der Waals surface area (Å²) in [7, 11) is 1.68. The summed E-state index contributed by atoms with van der Waals surface area (Å²) in [6.45, 7) is 0.882. The van der Waals surface area contributed by atoms with Gasteiger partial charge in [-0.2, -0.15) is 0 Å². The third-order valence-corrected chi connectivity index (χ3v) is 8.36. The maximum atomic E-state index is 13.5. The molecule has 1 aliphatic carbocycles. The van der Waals surface area contributed by atoms with Crippen LogP contribution in [0.5, 0.6) is 0 Å². The largest absolute Gasteiger partial charge is 0.448 e. The zero-order valence-electron chi connectivity index (χ0n) is 20.7. The van der Waals surface area contributed by atoms with Gasteiger partial charge in [0.2, 0.25) is 0 Å². The van der Waals surface area contributed by atoms with Crippen LogP contribution in [0.4, 0.5) is 4.79 Å². The third-order valence-electron chi connectivity index (χ3n) is 8.36. The Morgan fingerprint density at radius 2 is 1.50 bits per heavy atom. The number of ether oxygens (including phenoxy) is 2. The highest BCUT2D eigenvalue weighted by atomic mass is 16.6. The number of fused-ring (bicyclic) bond motifs is 5. The Hall–Kier alpha value is -3.15. The van der Waals surface area contributed by atoms with Crippen LogP contribution in [0.2, 0.25) is 0 Å². The lowest BCUT2D eigenvalue weighted by Gasteiger charge is -2.51. The molecule has 3 aliphatic rings. The molecular weight excluding hydrogens is 450 g/mol. The van der Waals surface area contributed by atoms with Gasteiger partial charge in [0.05, 0.1) is 12.2 Å². The molecule has 0 aromatic heterocycles. The van der Waals surface area contributed by atoms with Gasteiger partial charge >= 0.3 is 6.09 Å². The van der Waals surface area contributed by atoms with Gasteiger partial charge in [0.1, 0.15) is 6.61 Å². The van der Waals surface area contributed by atoms with Crippen molar-refractivity contribution in [3.63, 3.8) is 0 Å². The Labute approximate surface area is 212 Å². The maximum absolute atomic E-state index is 13.5. The summed E-state index contributed by atoms with van der Waals surface area (Å²) in [6, 6.07) is 24.8. The number of benzene rings is 3. The lowest BCUT2D eigenvalue weighted by molar-refractivity contribution is -0.0891. The van der Waals surface area contributed by atoms with Crippen LogP contribution in [-0.2, 0) is 21.7 Å². The zero-order chi connectivity index (χ0) is 24.7. The second-order valence-electron chi connectivity index (χ2n) is 10.5. The van der Waals surface area contributed by atoms with Gasteiger partial charge in [0.25, 0.3) is 0 Å². The number of nitrogens with zero attached hydrogens (tertiary/aromatic N) is 1. The molecule has 2 unspecified atom stereocenters. The maximum Gasteiger partial charge on any atom is 0.410 e. The Morgan fingerprint density at radius 3 is 2.08 bits per heavy atom. The molecule has 2 fully saturated rings. The average Bonchev–Trinajstić information content (AvgIpc) is 3.21. The Morgan fingerprint density at radius 1 is 0.917 bits per heavy atom. The predicted molar refractivity (Wildman–Crippen MR) is 139 cm³/mol. The van der Waals surface area contributed by atoms with Crippen LogP contribution in [0.25, 0.3) is 11.1 Å². The fourth-order valence-corrected chi connectivity index (χ4v) is 6.71. The van der Waals surface area contributed by atoms with E-state index in [-0.39, 0.29) is 24.1 Å². The molecule has 3 aromatic carbocycles. The summed E-state index contributed by atoms with van der Waals surface area (Å²) < 4.78 is 11.2. The van der Waals surface area contributed by atoms with Crippen LogP contribution in [0.15, 0.2) is 72.8 Å². The number of carbonyl (C=O) groups excluding carboxylic acids is 1. The van der Waals surface area contributed by atoms with E-state index in [0.717, 1.165) is 30.4 Å². The summed E-state index contributed by atoms with van der Waals surface area (Å²) in [5, 5.41) is 11.7. The van der Waals surface area contributed by atoms with Gasteiger partial charge < -0.3 is 19.5 Å². The molecule has 5 heteroatoms. The van der Waals surface area contributed by atoms with Crippen molar-refractivity contribution in [1.29, 1.82) is 0 Å². The highest BCUT2D eigenvalue weighted by Gasteiger charge is 2.48. The molecular formula is C31H33NO4. The molecule has 5 nitrogen and oxygen atoms in total. The normalized spacial score (nSPS) is 24.8. The van der Waals surface area contributed by atoms with Crippen molar-refractivity contribution in [3.05, 3.63) is 95.1 Å². The smallest absolute Gasteiger partial charge is 0.410 e. The molecule has 2 bridgehead atoms. The highest BCUT2D eigenvalue weighted by molar-refractivity contribution is 5.79. The van der Waals surface area contributed by atoms with E-state index in [1.165, 1.54) is 22.3 Å². The number of hydrogen-bond donors (Lipinski definition) is 1. The number of hydrogen-bond acceptors (Lipinski definition) is 4. The number of rotatable bonds is 5. The molecule has 2 aliphatic heterocycles. The fraction of sp³-hybridized carbons (Fsp3) is 0.387. The average molecular weight is 484 g/mol. The third kappa shape index (κ3) is 4.00. The lowest BCUT2D eigenvalue weighted by Crippen LogP contribution is -2.59. The van der Waals surface area contributed by atoms with Crippen LogP contribution < -0.4 is 0 Å². The topological polar surface area (TPSA) is 59.0 Å². The van der Waals surface area contributed by atoms with Crippen molar-refractivity contribution >= 4 is 6.09 Å². The number of carbonyl (C=O) groups is 1. The summed E-state index contributed by atoms with van der Waals surface area (Å²) in [4.78, 5) is 15.4. The minimum absolute atomic E-state index is 0.0168. The number of amides is 1. The molecule has 2 saturated heterocycles. The second-order valence-corrected chi connectivity index (χ2v) is 10.5. The lowest BCUT2D eigenvalue weighted by atomic mass is 9.72. The minimum atomic E-state index is -0.929. The molecule has 2 atom stereocenters. The van der Waals surface area contributed by atoms with E-state index in [2.05, 4.69) is 48.5 Å². The van der Waals surface area contributed by atoms with Gasteiger partial charge in [0.15, 0.2) is 0 Å². The van der Waals surface area contributed by atoms with E-state index in [1.807, 2.05) is 29.2 Å². The molecule has 6 rings (SSSR count). The quantitative estimate of drug-likeness (QED) is 0.485. The van der Waals surface area contributed by atoms with Crippen LogP contribution in [0.3, 0.4) is 0 Å². The molecule has 0 spiro atoms. The molecule has 1 amide bonds. The van der Waals surface area contributed by atoms with E-state index in [0.29, 0.717) is 26.1 Å². The SMILES string of the molecule is COCc1ccc(C2(O)CC3CCCC(C2)N3C(=O)OCC2c3ccccc3-c3ccccc32)cc1. The van der Waals surface area contributed by atoms with Gasteiger partial charge in [-0.1, -0.05) is 72.8 Å². The van der Waals surface area contributed by atoms with Gasteiger partial charge in [-0.05, 0) is 52.6 Å². The highest BCUT2D eigenvalue weighted by Crippen LogP contribution is 2.46. The summed E-state index contributed by atoms with van der Waals surface area (Å²) in [6.07, 6.45) is 3.69. The Balaban J connectivity index is 1.18. The summed E-state index contributed by atoms with van der Waals surface area (Å²) in [5.74, 6) is 0.0496.